The second kappa shape index (κ2) is 8.49. The van der Waals surface area contributed by atoms with E-state index in [-0.39, 0.29) is 11.3 Å². The van der Waals surface area contributed by atoms with Crippen molar-refractivity contribution in [2.75, 3.05) is 5.32 Å². The predicted octanol–water partition coefficient (Wildman–Crippen LogP) is 4.46. The first-order valence-corrected chi connectivity index (χ1v) is 8.56. The molecule has 0 aliphatic rings. The van der Waals surface area contributed by atoms with Gasteiger partial charge in [0.05, 0.1) is 5.56 Å². The standard InChI is InChI=1S/C21H23NO5/c1-14(18(23)15-8-6-5-7-9-15)26-19(24)16-10-12-17(13-11-16)22-20(25)27-21(2,3)4/h5-14H,1-4H3,(H,22,25)/t14-/m1/s1. The molecule has 0 aromatic heterocycles. The van der Waals surface area contributed by atoms with Gasteiger partial charge in [-0.15, -0.1) is 0 Å². The Morgan fingerprint density at radius 1 is 0.889 bits per heavy atom. The lowest BCUT2D eigenvalue weighted by atomic mass is 10.1. The van der Waals surface area contributed by atoms with Crippen LogP contribution in [0.1, 0.15) is 48.4 Å². The fraction of sp³-hybridized carbons (Fsp3) is 0.286. The van der Waals surface area contributed by atoms with Gasteiger partial charge in [-0.2, -0.15) is 0 Å². The second-order valence-corrected chi connectivity index (χ2v) is 6.98. The van der Waals surface area contributed by atoms with Crippen LogP contribution in [0.5, 0.6) is 0 Å². The molecule has 0 saturated carbocycles. The number of carbonyl (C=O) groups is 3. The highest BCUT2D eigenvalue weighted by Crippen LogP contribution is 2.15. The highest BCUT2D eigenvalue weighted by molar-refractivity contribution is 6.01. The van der Waals surface area contributed by atoms with Crippen molar-refractivity contribution in [1.82, 2.24) is 0 Å². The van der Waals surface area contributed by atoms with Crippen LogP contribution in [-0.4, -0.2) is 29.6 Å². The first-order valence-electron chi connectivity index (χ1n) is 8.56. The van der Waals surface area contributed by atoms with Crippen LogP contribution in [0.2, 0.25) is 0 Å². The average Bonchev–Trinajstić information content (AvgIpc) is 2.60. The largest absolute Gasteiger partial charge is 0.451 e. The van der Waals surface area contributed by atoms with Gasteiger partial charge in [0.15, 0.2) is 6.10 Å². The van der Waals surface area contributed by atoms with Crippen molar-refractivity contribution in [3.8, 4) is 0 Å². The van der Waals surface area contributed by atoms with Gasteiger partial charge >= 0.3 is 12.1 Å². The number of anilines is 1. The number of ketones is 1. The van der Waals surface area contributed by atoms with E-state index in [0.29, 0.717) is 11.3 Å². The third-order valence-corrected chi connectivity index (χ3v) is 3.48. The van der Waals surface area contributed by atoms with E-state index in [1.165, 1.54) is 19.1 Å². The molecule has 2 rings (SSSR count). The van der Waals surface area contributed by atoms with Gasteiger partial charge in [0.1, 0.15) is 5.60 Å². The predicted molar refractivity (Wildman–Crippen MR) is 102 cm³/mol. The zero-order valence-corrected chi connectivity index (χ0v) is 15.8. The Bertz CT molecular complexity index is 807. The Balaban J connectivity index is 1.95. The summed E-state index contributed by atoms with van der Waals surface area (Å²) in [5.41, 5.74) is 0.635. The highest BCUT2D eigenvalue weighted by Gasteiger charge is 2.20. The maximum atomic E-state index is 12.3. The van der Waals surface area contributed by atoms with E-state index < -0.39 is 23.8 Å². The van der Waals surface area contributed by atoms with E-state index >= 15 is 0 Å². The molecule has 1 amide bonds. The van der Waals surface area contributed by atoms with Crippen molar-refractivity contribution in [3.63, 3.8) is 0 Å². The van der Waals surface area contributed by atoms with E-state index in [4.69, 9.17) is 9.47 Å². The van der Waals surface area contributed by atoms with E-state index in [1.807, 2.05) is 0 Å². The normalized spacial score (nSPS) is 12.0. The van der Waals surface area contributed by atoms with Gasteiger partial charge in [-0.25, -0.2) is 9.59 Å². The Hall–Kier alpha value is -3.15. The van der Waals surface area contributed by atoms with Crippen molar-refractivity contribution in [2.45, 2.75) is 39.4 Å². The third kappa shape index (κ3) is 6.26. The minimum absolute atomic E-state index is 0.271. The SMILES string of the molecule is C[C@@H](OC(=O)c1ccc(NC(=O)OC(C)(C)C)cc1)C(=O)c1ccccc1. The topological polar surface area (TPSA) is 81.7 Å². The summed E-state index contributed by atoms with van der Waals surface area (Å²) < 4.78 is 10.4. The molecule has 2 aromatic rings. The summed E-state index contributed by atoms with van der Waals surface area (Å²) in [6.07, 6.45) is -1.49. The Morgan fingerprint density at radius 3 is 2.04 bits per heavy atom. The Labute approximate surface area is 158 Å². The van der Waals surface area contributed by atoms with Gasteiger partial charge in [0, 0.05) is 11.3 Å². The van der Waals surface area contributed by atoms with Crippen molar-refractivity contribution < 1.29 is 23.9 Å². The number of hydrogen-bond donors (Lipinski definition) is 1. The molecule has 0 heterocycles. The van der Waals surface area contributed by atoms with Gasteiger partial charge < -0.3 is 9.47 Å². The minimum atomic E-state index is -0.903. The molecule has 0 aliphatic carbocycles. The molecule has 6 heteroatoms. The molecule has 0 radical (unpaired) electrons. The molecule has 0 spiro atoms. The molecule has 2 aromatic carbocycles. The highest BCUT2D eigenvalue weighted by atomic mass is 16.6. The molecule has 0 saturated heterocycles. The fourth-order valence-corrected chi connectivity index (χ4v) is 2.23. The smallest absolute Gasteiger partial charge is 0.412 e. The van der Waals surface area contributed by atoms with E-state index in [2.05, 4.69) is 5.32 Å². The number of esters is 1. The summed E-state index contributed by atoms with van der Waals surface area (Å²) in [5, 5.41) is 2.58. The van der Waals surface area contributed by atoms with Crippen LogP contribution in [0.25, 0.3) is 0 Å². The first-order chi connectivity index (χ1) is 12.7. The average molecular weight is 369 g/mol. The van der Waals surface area contributed by atoms with Gasteiger partial charge in [0.25, 0.3) is 0 Å². The van der Waals surface area contributed by atoms with Crippen LogP contribution in [-0.2, 0) is 9.47 Å². The fourth-order valence-electron chi connectivity index (χ4n) is 2.23. The maximum Gasteiger partial charge on any atom is 0.412 e. The lowest BCUT2D eigenvalue weighted by Gasteiger charge is -2.19. The number of Topliss-reactive ketones (excluding diaryl/α,β-unsaturated/α-hetero) is 1. The maximum absolute atomic E-state index is 12.3. The number of ether oxygens (including phenoxy) is 2. The third-order valence-electron chi connectivity index (χ3n) is 3.48. The van der Waals surface area contributed by atoms with E-state index in [9.17, 15) is 14.4 Å². The number of hydrogen-bond acceptors (Lipinski definition) is 5. The van der Waals surface area contributed by atoms with Crippen LogP contribution in [0.3, 0.4) is 0 Å². The van der Waals surface area contributed by atoms with Crippen LogP contribution >= 0.6 is 0 Å². The molecule has 27 heavy (non-hydrogen) atoms. The molecule has 142 valence electrons. The summed E-state index contributed by atoms with van der Waals surface area (Å²) in [4.78, 5) is 36.2. The molecule has 6 nitrogen and oxygen atoms in total. The summed E-state index contributed by atoms with van der Waals surface area (Å²) >= 11 is 0. The zero-order valence-electron chi connectivity index (χ0n) is 15.8. The lowest BCUT2D eigenvalue weighted by Crippen LogP contribution is -2.27. The van der Waals surface area contributed by atoms with Gasteiger partial charge in [-0.3, -0.25) is 10.1 Å². The zero-order chi connectivity index (χ0) is 20.0. The summed E-state index contributed by atoms with van der Waals surface area (Å²) in [6, 6.07) is 14.8. The molecule has 1 atom stereocenters. The molecule has 0 unspecified atom stereocenters. The van der Waals surface area contributed by atoms with E-state index in [0.717, 1.165) is 0 Å². The second-order valence-electron chi connectivity index (χ2n) is 6.98. The number of amides is 1. The van der Waals surface area contributed by atoms with Crippen LogP contribution in [0.15, 0.2) is 54.6 Å². The molecule has 0 bridgehead atoms. The van der Waals surface area contributed by atoms with Crippen LogP contribution < -0.4 is 5.32 Å². The van der Waals surface area contributed by atoms with E-state index in [1.54, 1.807) is 63.2 Å². The monoisotopic (exact) mass is 369 g/mol. The van der Waals surface area contributed by atoms with Crippen LogP contribution in [0, 0.1) is 0 Å². The van der Waals surface area contributed by atoms with Crippen molar-refractivity contribution in [1.29, 1.82) is 0 Å². The summed E-state index contributed by atoms with van der Waals surface area (Å²) in [5.74, 6) is -0.886. The number of rotatable bonds is 5. The molecule has 1 N–H and O–H groups in total. The Kier molecular flexibility index (Phi) is 6.34. The van der Waals surface area contributed by atoms with Gasteiger partial charge in [0.2, 0.25) is 5.78 Å². The first kappa shape index (κ1) is 20.2. The summed E-state index contributed by atoms with van der Waals surface area (Å²) in [6.45, 7) is 6.84. The molecular formula is C21H23NO5. The lowest BCUT2D eigenvalue weighted by molar-refractivity contribution is 0.0319. The quantitative estimate of drug-likeness (QED) is 0.621. The molecular weight excluding hydrogens is 346 g/mol. The molecule has 0 fully saturated rings. The number of nitrogens with one attached hydrogen (secondary N) is 1. The van der Waals surface area contributed by atoms with Crippen molar-refractivity contribution in [3.05, 3.63) is 65.7 Å². The van der Waals surface area contributed by atoms with Crippen molar-refractivity contribution in [2.24, 2.45) is 0 Å². The summed E-state index contributed by atoms with van der Waals surface area (Å²) in [7, 11) is 0. The number of benzene rings is 2. The van der Waals surface area contributed by atoms with Gasteiger partial charge in [-0.1, -0.05) is 30.3 Å². The molecule has 0 aliphatic heterocycles. The van der Waals surface area contributed by atoms with Crippen molar-refractivity contribution >= 4 is 23.5 Å². The minimum Gasteiger partial charge on any atom is -0.451 e. The number of carbonyl (C=O) groups excluding carboxylic acids is 3. The van der Waals surface area contributed by atoms with Gasteiger partial charge in [-0.05, 0) is 52.0 Å². The Morgan fingerprint density at radius 2 is 1.48 bits per heavy atom. The van der Waals surface area contributed by atoms with Crippen LogP contribution in [0.4, 0.5) is 10.5 Å².